The molecule has 0 aliphatic rings. The van der Waals surface area contributed by atoms with E-state index in [-0.39, 0.29) is 9.92 Å². The van der Waals surface area contributed by atoms with Gasteiger partial charge in [-0.3, -0.25) is 0 Å². The molecule has 0 saturated carbocycles. The third kappa shape index (κ3) is 3.59. The molecular weight excluding hydrogens is 384 g/mol. The Morgan fingerprint density at radius 2 is 2.15 bits per heavy atom. The van der Waals surface area contributed by atoms with E-state index in [0.717, 1.165) is 15.2 Å². The molecule has 1 aromatic carbocycles. The van der Waals surface area contributed by atoms with Gasteiger partial charge in [-0.1, -0.05) is 27.5 Å². The number of nitrogens with zero attached hydrogens (tertiary/aromatic N) is 1. The Balaban J connectivity index is 2.27. The zero-order valence-corrected chi connectivity index (χ0v) is 14.7. The van der Waals surface area contributed by atoms with E-state index in [1.165, 1.54) is 17.4 Å². The molecule has 0 fully saturated rings. The monoisotopic (exact) mass is 394 g/mol. The van der Waals surface area contributed by atoms with Crippen LogP contribution >= 0.6 is 38.9 Å². The van der Waals surface area contributed by atoms with Crippen LogP contribution in [-0.2, 0) is 10.0 Å². The summed E-state index contributed by atoms with van der Waals surface area (Å²) in [6.07, 6.45) is 0. The first kappa shape index (κ1) is 15.9. The summed E-state index contributed by atoms with van der Waals surface area (Å²) in [4.78, 5) is 4.33. The van der Waals surface area contributed by atoms with Gasteiger partial charge in [0.1, 0.15) is 9.90 Å². The van der Waals surface area contributed by atoms with Gasteiger partial charge < -0.3 is 0 Å². The van der Waals surface area contributed by atoms with Crippen molar-refractivity contribution in [3.8, 4) is 0 Å². The first-order valence-corrected chi connectivity index (χ1v) is 9.22. The summed E-state index contributed by atoms with van der Waals surface area (Å²) in [5.41, 5.74) is 0.873. The highest BCUT2D eigenvalue weighted by Crippen LogP contribution is 2.27. The average molecular weight is 396 g/mol. The van der Waals surface area contributed by atoms with Crippen molar-refractivity contribution >= 4 is 48.9 Å². The lowest BCUT2D eigenvalue weighted by Crippen LogP contribution is -2.27. The van der Waals surface area contributed by atoms with Crippen LogP contribution < -0.4 is 4.72 Å². The molecule has 108 valence electrons. The van der Waals surface area contributed by atoms with Gasteiger partial charge in [0.2, 0.25) is 10.0 Å². The second kappa shape index (κ2) is 6.11. The van der Waals surface area contributed by atoms with Crippen molar-refractivity contribution in [2.45, 2.75) is 24.8 Å². The summed E-state index contributed by atoms with van der Waals surface area (Å²) in [6.45, 7) is 3.62. The van der Waals surface area contributed by atoms with Crippen LogP contribution in [0.3, 0.4) is 0 Å². The van der Waals surface area contributed by atoms with Gasteiger partial charge in [-0.2, -0.15) is 0 Å². The standard InChI is InChI=1S/C12H12BrClN2O2S2/c1-7-6-19-12(15-7)8(2)16-20(17,18)11-4-3-9(13)5-10(11)14/h3-6,8,16H,1-2H3. The smallest absolute Gasteiger partial charge is 0.242 e. The Morgan fingerprint density at radius 3 is 2.70 bits per heavy atom. The van der Waals surface area contributed by atoms with Crippen molar-refractivity contribution < 1.29 is 8.42 Å². The molecule has 2 rings (SSSR count). The van der Waals surface area contributed by atoms with Crippen LogP contribution in [0, 0.1) is 6.92 Å². The maximum absolute atomic E-state index is 12.3. The lowest BCUT2D eigenvalue weighted by atomic mass is 10.4. The van der Waals surface area contributed by atoms with Crippen molar-refractivity contribution in [3.05, 3.63) is 43.8 Å². The molecule has 1 unspecified atom stereocenters. The molecule has 2 aromatic rings. The van der Waals surface area contributed by atoms with Gasteiger partial charge in [0.15, 0.2) is 0 Å². The lowest BCUT2D eigenvalue weighted by Gasteiger charge is -2.13. The summed E-state index contributed by atoms with van der Waals surface area (Å²) >= 11 is 10.7. The minimum Gasteiger partial charge on any atom is -0.245 e. The molecule has 1 aromatic heterocycles. The van der Waals surface area contributed by atoms with Gasteiger partial charge in [-0.15, -0.1) is 11.3 Å². The fourth-order valence-corrected chi connectivity index (χ4v) is 4.73. The molecule has 0 saturated heterocycles. The van der Waals surface area contributed by atoms with Crippen LogP contribution in [0.15, 0.2) is 32.9 Å². The molecule has 0 bridgehead atoms. The van der Waals surface area contributed by atoms with E-state index in [1.807, 2.05) is 12.3 Å². The van der Waals surface area contributed by atoms with Crippen molar-refractivity contribution in [2.75, 3.05) is 0 Å². The van der Waals surface area contributed by atoms with Crippen LogP contribution in [0.2, 0.25) is 5.02 Å². The second-order valence-electron chi connectivity index (χ2n) is 4.24. The van der Waals surface area contributed by atoms with Crippen LogP contribution in [-0.4, -0.2) is 13.4 Å². The Morgan fingerprint density at radius 1 is 1.45 bits per heavy atom. The molecule has 0 spiro atoms. The highest BCUT2D eigenvalue weighted by molar-refractivity contribution is 9.10. The number of aromatic nitrogens is 1. The number of sulfonamides is 1. The van der Waals surface area contributed by atoms with Crippen molar-refractivity contribution in [1.29, 1.82) is 0 Å². The molecule has 8 heteroatoms. The molecule has 1 heterocycles. The van der Waals surface area contributed by atoms with Crippen LogP contribution in [0.4, 0.5) is 0 Å². The Hall–Kier alpha value is -0.470. The molecule has 1 atom stereocenters. The Kier molecular flexibility index (Phi) is 4.86. The molecule has 4 nitrogen and oxygen atoms in total. The minimum atomic E-state index is -3.68. The minimum absolute atomic E-state index is 0.0579. The molecule has 0 radical (unpaired) electrons. The van der Waals surface area contributed by atoms with Gasteiger partial charge in [-0.25, -0.2) is 18.1 Å². The number of nitrogens with one attached hydrogen (secondary N) is 1. The Bertz CT molecular complexity index is 731. The quantitative estimate of drug-likeness (QED) is 0.854. The van der Waals surface area contributed by atoms with Crippen LogP contribution in [0.1, 0.15) is 23.7 Å². The largest absolute Gasteiger partial charge is 0.245 e. The maximum Gasteiger partial charge on any atom is 0.242 e. The van der Waals surface area contributed by atoms with Gasteiger partial charge in [0.25, 0.3) is 0 Å². The zero-order valence-electron chi connectivity index (χ0n) is 10.7. The SMILES string of the molecule is Cc1csc(C(C)NS(=O)(=O)c2ccc(Br)cc2Cl)n1. The van der Waals surface area contributed by atoms with E-state index in [9.17, 15) is 8.42 Å². The Labute approximate surface area is 135 Å². The number of hydrogen-bond donors (Lipinski definition) is 1. The van der Waals surface area contributed by atoms with E-state index in [0.29, 0.717) is 0 Å². The third-order valence-corrected chi connectivity index (χ3v) is 6.18. The summed E-state index contributed by atoms with van der Waals surface area (Å²) in [5, 5.41) is 2.78. The summed E-state index contributed by atoms with van der Waals surface area (Å²) in [7, 11) is -3.68. The van der Waals surface area contributed by atoms with Crippen molar-refractivity contribution in [3.63, 3.8) is 0 Å². The van der Waals surface area contributed by atoms with Crippen molar-refractivity contribution in [2.24, 2.45) is 0 Å². The second-order valence-corrected chi connectivity index (χ2v) is 8.14. The van der Waals surface area contributed by atoms with Crippen molar-refractivity contribution in [1.82, 2.24) is 9.71 Å². The van der Waals surface area contributed by atoms with Crippen LogP contribution in [0.5, 0.6) is 0 Å². The highest BCUT2D eigenvalue weighted by Gasteiger charge is 2.22. The number of rotatable bonds is 4. The van der Waals surface area contributed by atoms with E-state index in [4.69, 9.17) is 11.6 Å². The van der Waals surface area contributed by atoms with E-state index < -0.39 is 16.1 Å². The lowest BCUT2D eigenvalue weighted by molar-refractivity contribution is 0.566. The topological polar surface area (TPSA) is 59.1 Å². The van der Waals surface area contributed by atoms with Gasteiger partial charge in [0, 0.05) is 15.5 Å². The first-order chi connectivity index (χ1) is 9.29. The normalized spacial score (nSPS) is 13.4. The maximum atomic E-state index is 12.3. The molecule has 1 N–H and O–H groups in total. The average Bonchev–Trinajstić information content (AvgIpc) is 2.74. The number of thiazole rings is 1. The molecule has 0 aliphatic heterocycles. The molecular formula is C12H12BrClN2O2S2. The van der Waals surface area contributed by atoms with E-state index in [2.05, 4.69) is 25.6 Å². The van der Waals surface area contributed by atoms with E-state index in [1.54, 1.807) is 19.1 Å². The molecule has 0 amide bonds. The van der Waals surface area contributed by atoms with E-state index >= 15 is 0 Å². The fourth-order valence-electron chi connectivity index (χ4n) is 1.61. The van der Waals surface area contributed by atoms with Gasteiger partial charge >= 0.3 is 0 Å². The van der Waals surface area contributed by atoms with Gasteiger partial charge in [0.05, 0.1) is 11.1 Å². The molecule has 0 aliphatic carbocycles. The number of aryl methyl sites for hydroxylation is 1. The number of hydrogen-bond acceptors (Lipinski definition) is 4. The number of halogens is 2. The number of benzene rings is 1. The summed E-state index contributed by atoms with van der Waals surface area (Å²) in [5.74, 6) is 0. The fraction of sp³-hybridized carbons (Fsp3) is 0.250. The van der Waals surface area contributed by atoms with Crippen LogP contribution in [0.25, 0.3) is 0 Å². The highest BCUT2D eigenvalue weighted by atomic mass is 79.9. The third-order valence-electron chi connectivity index (χ3n) is 2.52. The summed E-state index contributed by atoms with van der Waals surface area (Å²) < 4.78 is 28.0. The predicted octanol–water partition coefficient (Wildman–Crippen LogP) is 3.91. The zero-order chi connectivity index (χ0) is 14.9. The summed E-state index contributed by atoms with van der Waals surface area (Å²) in [6, 6.07) is 4.25. The van der Waals surface area contributed by atoms with Gasteiger partial charge in [-0.05, 0) is 32.0 Å². The molecule has 20 heavy (non-hydrogen) atoms. The predicted molar refractivity (Wildman–Crippen MR) is 84.7 cm³/mol. The first-order valence-electron chi connectivity index (χ1n) is 5.69.